The molecule has 0 radical (unpaired) electrons. The number of carbonyl (C=O) groups excluding carboxylic acids is 1. The van der Waals surface area contributed by atoms with Gasteiger partial charge in [0.05, 0.1) is 0 Å². The van der Waals surface area contributed by atoms with Crippen molar-refractivity contribution in [3.63, 3.8) is 0 Å². The Morgan fingerprint density at radius 2 is 1.88 bits per heavy atom. The number of para-hydroxylation sites is 2. The van der Waals surface area contributed by atoms with Crippen molar-refractivity contribution in [2.45, 2.75) is 31.7 Å². The van der Waals surface area contributed by atoms with Crippen molar-refractivity contribution in [2.75, 3.05) is 31.2 Å². The van der Waals surface area contributed by atoms with Gasteiger partial charge in [-0.05, 0) is 37.8 Å². The van der Waals surface area contributed by atoms with Gasteiger partial charge in [-0.1, -0.05) is 12.1 Å². The first-order chi connectivity index (χ1) is 11.8. The van der Waals surface area contributed by atoms with Crippen molar-refractivity contribution in [3.8, 4) is 0 Å². The van der Waals surface area contributed by atoms with E-state index in [2.05, 4.69) is 15.2 Å². The Kier molecular flexibility index (Phi) is 4.38. The van der Waals surface area contributed by atoms with Crippen molar-refractivity contribution in [1.29, 1.82) is 0 Å². The smallest absolute Gasteiger partial charge is 0.298 e. The normalized spacial score (nSPS) is 20.4. The molecule has 0 saturated carbocycles. The first kappa shape index (κ1) is 15.4. The molecule has 0 spiro atoms. The quantitative estimate of drug-likeness (QED) is 0.936. The number of nitrogens with one attached hydrogen (secondary N) is 1. The highest BCUT2D eigenvalue weighted by atomic mass is 16.5. The van der Waals surface area contributed by atoms with Crippen LogP contribution in [0.25, 0.3) is 11.1 Å². The zero-order valence-corrected chi connectivity index (χ0v) is 13.7. The molecule has 128 valence electrons. The number of rotatable bonds is 3. The van der Waals surface area contributed by atoms with Crippen molar-refractivity contribution in [1.82, 2.24) is 10.3 Å². The van der Waals surface area contributed by atoms with E-state index in [1.54, 1.807) is 0 Å². The van der Waals surface area contributed by atoms with Crippen LogP contribution in [-0.4, -0.2) is 43.2 Å². The lowest BCUT2D eigenvalue weighted by atomic mass is 9.95. The third-order valence-electron chi connectivity index (χ3n) is 4.99. The summed E-state index contributed by atoms with van der Waals surface area (Å²) in [6, 6.07) is 8.74. The van der Waals surface area contributed by atoms with E-state index in [0.717, 1.165) is 63.1 Å². The summed E-state index contributed by atoms with van der Waals surface area (Å²) in [4.78, 5) is 19.1. The molecule has 1 amide bonds. The average molecular weight is 329 g/mol. The van der Waals surface area contributed by atoms with Crippen molar-refractivity contribution in [3.05, 3.63) is 24.3 Å². The highest BCUT2D eigenvalue weighted by Crippen LogP contribution is 2.26. The average Bonchev–Trinajstić information content (AvgIpc) is 3.07. The van der Waals surface area contributed by atoms with Gasteiger partial charge in [-0.3, -0.25) is 4.79 Å². The molecule has 2 saturated heterocycles. The molecule has 6 nitrogen and oxygen atoms in total. The van der Waals surface area contributed by atoms with Crippen molar-refractivity contribution >= 4 is 23.0 Å². The summed E-state index contributed by atoms with van der Waals surface area (Å²) in [5, 5.41) is 3.19. The van der Waals surface area contributed by atoms with E-state index in [9.17, 15) is 4.79 Å². The van der Waals surface area contributed by atoms with Crippen LogP contribution in [-0.2, 0) is 9.53 Å². The third kappa shape index (κ3) is 3.24. The number of oxazole rings is 1. The molecular weight excluding hydrogens is 306 g/mol. The molecule has 1 aromatic carbocycles. The topological polar surface area (TPSA) is 67.6 Å². The number of ether oxygens (including phenoxy) is 1. The van der Waals surface area contributed by atoms with Gasteiger partial charge in [0.1, 0.15) is 5.52 Å². The molecule has 24 heavy (non-hydrogen) atoms. The van der Waals surface area contributed by atoms with Gasteiger partial charge in [0, 0.05) is 38.3 Å². The minimum absolute atomic E-state index is 0.0912. The van der Waals surface area contributed by atoms with Gasteiger partial charge in [0.2, 0.25) is 5.91 Å². The van der Waals surface area contributed by atoms with Crippen LogP contribution in [0, 0.1) is 5.92 Å². The monoisotopic (exact) mass is 329 g/mol. The number of amides is 1. The number of anilines is 1. The fourth-order valence-corrected chi connectivity index (χ4v) is 3.49. The lowest BCUT2D eigenvalue weighted by Crippen LogP contribution is -2.45. The number of nitrogens with zero attached hydrogens (tertiary/aromatic N) is 2. The molecule has 3 heterocycles. The molecule has 2 aromatic rings. The molecule has 0 atom stereocenters. The van der Waals surface area contributed by atoms with E-state index in [0.29, 0.717) is 6.01 Å². The standard InChI is InChI=1S/C18H23N3O3/c22-17(19-14-7-11-23-12-8-14)13-5-9-21(10-6-13)18-20-15-3-1-2-4-16(15)24-18/h1-4,13-14H,5-12H2,(H,19,22). The summed E-state index contributed by atoms with van der Waals surface area (Å²) >= 11 is 0. The molecule has 1 aromatic heterocycles. The molecule has 0 unspecified atom stereocenters. The van der Waals surface area contributed by atoms with E-state index < -0.39 is 0 Å². The molecular formula is C18H23N3O3. The molecule has 4 rings (SSSR count). The second-order valence-corrected chi connectivity index (χ2v) is 6.62. The van der Waals surface area contributed by atoms with Crippen molar-refractivity contribution in [2.24, 2.45) is 5.92 Å². The molecule has 1 N–H and O–H groups in total. The fourth-order valence-electron chi connectivity index (χ4n) is 3.49. The maximum Gasteiger partial charge on any atom is 0.298 e. The lowest BCUT2D eigenvalue weighted by Gasteiger charge is -2.31. The van der Waals surface area contributed by atoms with Crippen LogP contribution in [0.1, 0.15) is 25.7 Å². The first-order valence-corrected chi connectivity index (χ1v) is 8.78. The molecule has 0 aliphatic carbocycles. The second kappa shape index (κ2) is 6.81. The highest BCUT2D eigenvalue weighted by Gasteiger charge is 2.28. The SMILES string of the molecule is O=C(NC1CCOCC1)C1CCN(c2nc3ccccc3o2)CC1. The Labute approximate surface area is 141 Å². The predicted octanol–water partition coefficient (Wildman–Crippen LogP) is 2.34. The number of aromatic nitrogens is 1. The summed E-state index contributed by atoms with van der Waals surface area (Å²) in [6.07, 6.45) is 3.53. The van der Waals surface area contributed by atoms with Gasteiger partial charge in [-0.2, -0.15) is 4.98 Å². The van der Waals surface area contributed by atoms with E-state index in [-0.39, 0.29) is 17.9 Å². The van der Waals surface area contributed by atoms with E-state index in [4.69, 9.17) is 9.15 Å². The summed E-state index contributed by atoms with van der Waals surface area (Å²) in [5.41, 5.74) is 1.69. The maximum atomic E-state index is 12.4. The molecule has 2 aliphatic heterocycles. The zero-order valence-electron chi connectivity index (χ0n) is 13.7. The second-order valence-electron chi connectivity index (χ2n) is 6.62. The van der Waals surface area contributed by atoms with Gasteiger partial charge >= 0.3 is 0 Å². The van der Waals surface area contributed by atoms with Crippen LogP contribution in [0.15, 0.2) is 28.7 Å². The number of hydrogen-bond acceptors (Lipinski definition) is 5. The van der Waals surface area contributed by atoms with E-state index in [1.165, 1.54) is 0 Å². The summed E-state index contributed by atoms with van der Waals surface area (Å²) in [5.74, 6) is 0.285. The Hall–Kier alpha value is -2.08. The summed E-state index contributed by atoms with van der Waals surface area (Å²) < 4.78 is 11.2. The Morgan fingerprint density at radius 1 is 1.12 bits per heavy atom. The summed E-state index contributed by atoms with van der Waals surface area (Å²) in [7, 11) is 0. The van der Waals surface area contributed by atoms with Crippen LogP contribution in [0.4, 0.5) is 6.01 Å². The number of benzene rings is 1. The van der Waals surface area contributed by atoms with Gasteiger partial charge in [0.15, 0.2) is 5.58 Å². The number of carbonyl (C=O) groups is 1. The Bertz CT molecular complexity index is 667. The number of hydrogen-bond donors (Lipinski definition) is 1. The van der Waals surface area contributed by atoms with Crippen LogP contribution >= 0.6 is 0 Å². The minimum Gasteiger partial charge on any atom is -0.423 e. The first-order valence-electron chi connectivity index (χ1n) is 8.78. The highest BCUT2D eigenvalue weighted by molar-refractivity contribution is 5.79. The van der Waals surface area contributed by atoms with Crippen molar-refractivity contribution < 1.29 is 13.9 Å². The molecule has 6 heteroatoms. The number of piperidine rings is 1. The fraction of sp³-hybridized carbons (Fsp3) is 0.556. The van der Waals surface area contributed by atoms with Crippen LogP contribution in [0.3, 0.4) is 0 Å². The Balaban J connectivity index is 1.33. The molecule has 2 fully saturated rings. The van der Waals surface area contributed by atoms with Crippen LogP contribution in [0.2, 0.25) is 0 Å². The van der Waals surface area contributed by atoms with Gasteiger partial charge in [-0.15, -0.1) is 0 Å². The van der Waals surface area contributed by atoms with E-state index in [1.807, 2.05) is 24.3 Å². The summed E-state index contributed by atoms with van der Waals surface area (Å²) in [6.45, 7) is 3.11. The Morgan fingerprint density at radius 3 is 2.62 bits per heavy atom. The zero-order chi connectivity index (χ0) is 16.4. The minimum atomic E-state index is 0.0912. The lowest BCUT2D eigenvalue weighted by molar-refractivity contribution is -0.126. The maximum absolute atomic E-state index is 12.4. The third-order valence-corrected chi connectivity index (χ3v) is 4.99. The van der Waals surface area contributed by atoms with Gasteiger partial charge < -0.3 is 19.4 Å². The molecule has 0 bridgehead atoms. The van der Waals surface area contributed by atoms with Gasteiger partial charge in [0.25, 0.3) is 6.01 Å². The van der Waals surface area contributed by atoms with E-state index >= 15 is 0 Å². The largest absolute Gasteiger partial charge is 0.423 e. The number of fused-ring (bicyclic) bond motifs is 1. The molecule has 2 aliphatic rings. The predicted molar refractivity (Wildman–Crippen MR) is 90.9 cm³/mol. The van der Waals surface area contributed by atoms with Crippen LogP contribution in [0.5, 0.6) is 0 Å². The van der Waals surface area contributed by atoms with Gasteiger partial charge in [-0.25, -0.2) is 0 Å². The van der Waals surface area contributed by atoms with Crippen LogP contribution < -0.4 is 10.2 Å².